The molecule has 1 aromatic carbocycles. The zero-order chi connectivity index (χ0) is 15.5. The Morgan fingerprint density at radius 3 is 2.38 bits per heavy atom. The summed E-state index contributed by atoms with van der Waals surface area (Å²) in [6, 6.07) is 8.81. The quantitative estimate of drug-likeness (QED) is 0.820. The fraction of sp³-hybridized carbons (Fsp3) is 0.667. The lowest BCUT2D eigenvalue weighted by molar-refractivity contribution is 0.376. The molecule has 1 aliphatic rings. The van der Waals surface area contributed by atoms with Crippen molar-refractivity contribution in [2.45, 2.75) is 58.2 Å². The standard InChI is InChI=1S/C18H31NOSi/c1-18(2,3)21(4,5)20-17-10-8-15(9-11-17)13-16-7-6-12-19-14-16/h8-11,16,19H,6-7,12-14H2,1-5H3. The Kier molecular flexibility index (Phi) is 5.15. The summed E-state index contributed by atoms with van der Waals surface area (Å²) in [5, 5.41) is 3.74. The van der Waals surface area contributed by atoms with Gasteiger partial charge in [-0.1, -0.05) is 32.9 Å². The molecule has 3 heteroatoms. The maximum atomic E-state index is 6.34. The summed E-state index contributed by atoms with van der Waals surface area (Å²) in [6.45, 7) is 13.8. The van der Waals surface area contributed by atoms with E-state index < -0.39 is 8.32 Å². The van der Waals surface area contributed by atoms with E-state index in [1.165, 1.54) is 37.9 Å². The molecule has 118 valence electrons. The first-order valence-corrected chi connectivity index (χ1v) is 11.2. The van der Waals surface area contributed by atoms with Crippen molar-refractivity contribution >= 4 is 8.32 Å². The van der Waals surface area contributed by atoms with Crippen molar-refractivity contribution < 1.29 is 4.43 Å². The van der Waals surface area contributed by atoms with E-state index in [0.717, 1.165) is 11.7 Å². The second-order valence-corrected chi connectivity index (χ2v) is 12.6. The van der Waals surface area contributed by atoms with Crippen LogP contribution in [0.2, 0.25) is 18.1 Å². The summed E-state index contributed by atoms with van der Waals surface area (Å²) in [6.07, 6.45) is 3.86. The second kappa shape index (κ2) is 6.53. The van der Waals surface area contributed by atoms with Gasteiger partial charge in [0.1, 0.15) is 5.75 Å². The Bertz CT molecular complexity index is 441. The highest BCUT2D eigenvalue weighted by molar-refractivity contribution is 6.74. The van der Waals surface area contributed by atoms with Gasteiger partial charge in [0.25, 0.3) is 0 Å². The molecule has 2 nitrogen and oxygen atoms in total. The van der Waals surface area contributed by atoms with Crippen LogP contribution in [0.1, 0.15) is 39.2 Å². The van der Waals surface area contributed by atoms with Crippen molar-refractivity contribution in [2.24, 2.45) is 5.92 Å². The minimum atomic E-state index is -1.72. The minimum absolute atomic E-state index is 0.249. The molecule has 0 aromatic heterocycles. The molecule has 1 fully saturated rings. The van der Waals surface area contributed by atoms with Gasteiger partial charge in [-0.3, -0.25) is 0 Å². The van der Waals surface area contributed by atoms with Crippen LogP contribution in [0.3, 0.4) is 0 Å². The first-order valence-electron chi connectivity index (χ1n) is 8.27. The molecule has 2 rings (SSSR count). The second-order valence-electron chi connectivity index (χ2n) is 7.92. The molecule has 1 unspecified atom stereocenters. The van der Waals surface area contributed by atoms with Crippen LogP contribution in [0.25, 0.3) is 0 Å². The smallest absolute Gasteiger partial charge is 0.250 e. The molecule has 0 aliphatic carbocycles. The minimum Gasteiger partial charge on any atom is -0.544 e. The molecule has 1 saturated heterocycles. The molecule has 0 amide bonds. The number of nitrogens with one attached hydrogen (secondary N) is 1. The van der Waals surface area contributed by atoms with Gasteiger partial charge in [0.2, 0.25) is 8.32 Å². The first-order chi connectivity index (χ1) is 9.78. The van der Waals surface area contributed by atoms with Gasteiger partial charge in [0.05, 0.1) is 0 Å². The van der Waals surface area contributed by atoms with Gasteiger partial charge in [0, 0.05) is 0 Å². The van der Waals surface area contributed by atoms with Gasteiger partial charge < -0.3 is 9.74 Å². The Labute approximate surface area is 131 Å². The van der Waals surface area contributed by atoms with Gasteiger partial charge in [0.15, 0.2) is 0 Å². The first kappa shape index (κ1) is 16.6. The van der Waals surface area contributed by atoms with Gasteiger partial charge in [-0.15, -0.1) is 0 Å². The molecule has 21 heavy (non-hydrogen) atoms. The molecule has 0 saturated carbocycles. The molecule has 1 aromatic rings. The predicted octanol–water partition coefficient (Wildman–Crippen LogP) is 4.61. The summed E-state index contributed by atoms with van der Waals surface area (Å²) in [5.41, 5.74) is 1.44. The van der Waals surface area contributed by atoms with Crippen LogP contribution in [-0.4, -0.2) is 21.4 Å². The third-order valence-electron chi connectivity index (χ3n) is 5.03. The summed E-state index contributed by atoms with van der Waals surface area (Å²) in [4.78, 5) is 0. The Morgan fingerprint density at radius 2 is 1.86 bits per heavy atom. The lowest BCUT2D eigenvalue weighted by Crippen LogP contribution is -2.43. The highest BCUT2D eigenvalue weighted by Crippen LogP contribution is 2.37. The number of rotatable bonds is 4. The fourth-order valence-corrected chi connectivity index (χ4v) is 3.60. The average molecular weight is 306 g/mol. The number of benzene rings is 1. The van der Waals surface area contributed by atoms with Crippen LogP contribution in [0.5, 0.6) is 5.75 Å². The van der Waals surface area contributed by atoms with E-state index in [1.54, 1.807) is 0 Å². The molecular weight excluding hydrogens is 274 g/mol. The van der Waals surface area contributed by atoms with Crippen LogP contribution >= 0.6 is 0 Å². The van der Waals surface area contributed by atoms with Crippen molar-refractivity contribution in [1.82, 2.24) is 5.32 Å². The zero-order valence-electron chi connectivity index (χ0n) is 14.3. The van der Waals surface area contributed by atoms with E-state index in [0.29, 0.717) is 0 Å². The third-order valence-corrected chi connectivity index (χ3v) is 9.38. The van der Waals surface area contributed by atoms with E-state index in [4.69, 9.17) is 4.43 Å². The number of hydrogen-bond acceptors (Lipinski definition) is 2. The van der Waals surface area contributed by atoms with Crippen LogP contribution in [-0.2, 0) is 6.42 Å². The van der Waals surface area contributed by atoms with E-state index in [9.17, 15) is 0 Å². The fourth-order valence-electron chi connectivity index (χ4n) is 2.57. The van der Waals surface area contributed by atoms with Crippen molar-refractivity contribution in [2.75, 3.05) is 13.1 Å². The summed E-state index contributed by atoms with van der Waals surface area (Å²) >= 11 is 0. The summed E-state index contributed by atoms with van der Waals surface area (Å²) in [7, 11) is -1.72. The average Bonchev–Trinajstić information content (AvgIpc) is 2.41. The van der Waals surface area contributed by atoms with E-state index in [-0.39, 0.29) is 5.04 Å². The normalized spacial score (nSPS) is 20.3. The maximum absolute atomic E-state index is 6.34. The van der Waals surface area contributed by atoms with E-state index in [1.807, 2.05) is 0 Å². The molecule has 0 radical (unpaired) electrons. The topological polar surface area (TPSA) is 21.3 Å². The van der Waals surface area contributed by atoms with Crippen LogP contribution in [0.4, 0.5) is 0 Å². The summed E-state index contributed by atoms with van der Waals surface area (Å²) in [5.74, 6) is 1.83. The highest BCUT2D eigenvalue weighted by atomic mass is 28.4. The van der Waals surface area contributed by atoms with E-state index in [2.05, 4.69) is 63.4 Å². The SMILES string of the molecule is CC(C)(C)[Si](C)(C)Oc1ccc(CC2CCCNC2)cc1. The largest absolute Gasteiger partial charge is 0.544 e. The van der Waals surface area contributed by atoms with Crippen molar-refractivity contribution in [3.8, 4) is 5.75 Å². The van der Waals surface area contributed by atoms with Crippen LogP contribution in [0, 0.1) is 5.92 Å². The lowest BCUT2D eigenvalue weighted by atomic mass is 9.92. The van der Waals surface area contributed by atoms with Gasteiger partial charge >= 0.3 is 0 Å². The summed E-state index contributed by atoms with van der Waals surface area (Å²) < 4.78 is 6.34. The number of hydrogen-bond donors (Lipinski definition) is 1. The molecule has 1 heterocycles. The van der Waals surface area contributed by atoms with Crippen molar-refractivity contribution in [3.05, 3.63) is 29.8 Å². The maximum Gasteiger partial charge on any atom is 0.250 e. The Morgan fingerprint density at radius 1 is 1.19 bits per heavy atom. The monoisotopic (exact) mass is 305 g/mol. The predicted molar refractivity (Wildman–Crippen MR) is 93.6 cm³/mol. The van der Waals surface area contributed by atoms with Crippen molar-refractivity contribution in [1.29, 1.82) is 0 Å². The highest BCUT2D eigenvalue weighted by Gasteiger charge is 2.38. The Hall–Kier alpha value is -0.803. The van der Waals surface area contributed by atoms with E-state index >= 15 is 0 Å². The molecule has 0 bridgehead atoms. The van der Waals surface area contributed by atoms with Gasteiger partial charge in [-0.2, -0.15) is 0 Å². The van der Waals surface area contributed by atoms with Crippen molar-refractivity contribution in [3.63, 3.8) is 0 Å². The van der Waals surface area contributed by atoms with Gasteiger partial charge in [-0.25, -0.2) is 0 Å². The molecule has 1 aliphatic heterocycles. The molecule has 0 spiro atoms. The lowest BCUT2D eigenvalue weighted by Gasteiger charge is -2.36. The van der Waals surface area contributed by atoms with Crippen LogP contribution < -0.4 is 9.74 Å². The molecule has 1 N–H and O–H groups in total. The molecule has 1 atom stereocenters. The Balaban J connectivity index is 1.95. The van der Waals surface area contributed by atoms with Gasteiger partial charge in [-0.05, 0) is 74.1 Å². The third kappa shape index (κ3) is 4.58. The molecular formula is C18H31NOSi. The number of piperidine rings is 1. The van der Waals surface area contributed by atoms with Crippen LogP contribution in [0.15, 0.2) is 24.3 Å². The zero-order valence-corrected chi connectivity index (χ0v) is 15.3.